The Labute approximate surface area is 134 Å². The number of benzene rings is 1. The van der Waals surface area contributed by atoms with Gasteiger partial charge in [-0.1, -0.05) is 12.1 Å². The summed E-state index contributed by atoms with van der Waals surface area (Å²) in [5.74, 6) is 0.0384. The predicted octanol–water partition coefficient (Wildman–Crippen LogP) is 4.01. The van der Waals surface area contributed by atoms with Crippen LogP contribution in [0.2, 0.25) is 0 Å². The highest BCUT2D eigenvalue weighted by atomic mass is 19.4. The fourth-order valence-corrected chi connectivity index (χ4v) is 2.39. The lowest BCUT2D eigenvalue weighted by Gasteiger charge is -2.13. The number of hydrogen-bond acceptors (Lipinski definition) is 3. The molecule has 4 nitrogen and oxygen atoms in total. The van der Waals surface area contributed by atoms with Crippen LogP contribution in [0.4, 0.5) is 13.2 Å². The largest absolute Gasteiger partial charge is 0.477 e. The van der Waals surface area contributed by atoms with E-state index in [9.17, 15) is 18.0 Å². The van der Waals surface area contributed by atoms with Gasteiger partial charge in [0.15, 0.2) is 5.43 Å². The van der Waals surface area contributed by atoms with Crippen molar-refractivity contribution in [3.63, 3.8) is 0 Å². The first kappa shape index (κ1) is 16.0. The summed E-state index contributed by atoms with van der Waals surface area (Å²) in [5.41, 5.74) is -0.357. The number of pyridine rings is 2. The summed E-state index contributed by atoms with van der Waals surface area (Å²) in [7, 11) is 0. The summed E-state index contributed by atoms with van der Waals surface area (Å²) >= 11 is 0. The third-order valence-electron chi connectivity index (χ3n) is 3.49. The summed E-state index contributed by atoms with van der Waals surface area (Å²) in [5, 5.41) is 0.458. The number of rotatable bonds is 3. The molecule has 0 bridgehead atoms. The van der Waals surface area contributed by atoms with Crippen molar-refractivity contribution in [1.29, 1.82) is 0 Å². The SMILES string of the molecule is CCOc1ncc(C(F)(F)F)cc1-c1cc(=O)c2ccccc2[nH]1. The molecule has 124 valence electrons. The average Bonchev–Trinajstić information content (AvgIpc) is 2.54. The molecule has 0 amide bonds. The first-order valence-electron chi connectivity index (χ1n) is 7.22. The second-order valence-electron chi connectivity index (χ2n) is 5.10. The van der Waals surface area contributed by atoms with Gasteiger partial charge in [-0.15, -0.1) is 0 Å². The molecule has 0 unspecified atom stereocenters. The molecule has 0 saturated carbocycles. The van der Waals surface area contributed by atoms with Crippen molar-refractivity contribution in [3.05, 3.63) is 58.4 Å². The summed E-state index contributed by atoms with van der Waals surface area (Å²) in [6.07, 6.45) is -3.82. The van der Waals surface area contributed by atoms with E-state index in [1.54, 1.807) is 31.2 Å². The van der Waals surface area contributed by atoms with E-state index in [1.165, 1.54) is 6.07 Å². The smallest absolute Gasteiger partial charge is 0.417 e. The lowest BCUT2D eigenvalue weighted by atomic mass is 10.1. The molecule has 2 aromatic heterocycles. The maximum atomic E-state index is 13.0. The number of ether oxygens (including phenoxy) is 1. The molecule has 0 aliphatic rings. The zero-order valence-corrected chi connectivity index (χ0v) is 12.6. The second-order valence-corrected chi connectivity index (χ2v) is 5.10. The molecule has 0 atom stereocenters. The minimum absolute atomic E-state index is 0.0384. The van der Waals surface area contributed by atoms with Crippen LogP contribution in [0.25, 0.3) is 22.2 Å². The highest BCUT2D eigenvalue weighted by Crippen LogP contribution is 2.35. The van der Waals surface area contributed by atoms with Gasteiger partial charge in [-0.2, -0.15) is 13.2 Å². The van der Waals surface area contributed by atoms with Gasteiger partial charge in [-0.05, 0) is 25.1 Å². The molecule has 0 aliphatic heterocycles. The monoisotopic (exact) mass is 334 g/mol. The summed E-state index contributed by atoms with van der Waals surface area (Å²) in [4.78, 5) is 19.0. The number of hydrogen-bond donors (Lipinski definition) is 1. The fourth-order valence-electron chi connectivity index (χ4n) is 2.39. The molecule has 0 spiro atoms. The lowest BCUT2D eigenvalue weighted by Crippen LogP contribution is -2.09. The van der Waals surface area contributed by atoms with Gasteiger partial charge >= 0.3 is 6.18 Å². The van der Waals surface area contributed by atoms with E-state index in [2.05, 4.69) is 9.97 Å². The van der Waals surface area contributed by atoms with E-state index in [4.69, 9.17) is 4.74 Å². The number of nitrogens with one attached hydrogen (secondary N) is 1. The molecular weight excluding hydrogens is 321 g/mol. The van der Waals surface area contributed by atoms with Crippen LogP contribution in [-0.2, 0) is 6.18 Å². The van der Waals surface area contributed by atoms with Crippen molar-refractivity contribution in [1.82, 2.24) is 9.97 Å². The van der Waals surface area contributed by atoms with Crippen molar-refractivity contribution in [2.75, 3.05) is 6.61 Å². The van der Waals surface area contributed by atoms with Crippen LogP contribution in [0.15, 0.2) is 47.4 Å². The molecule has 3 aromatic rings. The molecule has 0 saturated heterocycles. The standard InChI is InChI=1S/C17H13F3N2O2/c1-2-24-16-12(7-10(9-21-16)17(18,19)20)14-8-15(23)11-5-3-4-6-13(11)22-14/h3-9H,2H2,1H3,(H,22,23). The third kappa shape index (κ3) is 2.97. The molecule has 0 radical (unpaired) electrons. The Hall–Kier alpha value is -2.83. The van der Waals surface area contributed by atoms with Crippen LogP contribution >= 0.6 is 0 Å². The number of aromatic amines is 1. The van der Waals surface area contributed by atoms with Gasteiger partial charge < -0.3 is 9.72 Å². The summed E-state index contributed by atoms with van der Waals surface area (Å²) in [6, 6.07) is 8.96. The maximum absolute atomic E-state index is 13.0. The number of halogens is 3. The van der Waals surface area contributed by atoms with Gasteiger partial charge in [0.25, 0.3) is 0 Å². The van der Waals surface area contributed by atoms with E-state index in [0.717, 1.165) is 6.07 Å². The number of para-hydroxylation sites is 1. The van der Waals surface area contributed by atoms with Crippen LogP contribution in [0, 0.1) is 0 Å². The molecule has 3 rings (SSSR count). The normalized spacial score (nSPS) is 11.7. The first-order chi connectivity index (χ1) is 11.4. The Morgan fingerprint density at radius 1 is 1.21 bits per heavy atom. The summed E-state index contributed by atoms with van der Waals surface area (Å²) < 4.78 is 44.3. The van der Waals surface area contributed by atoms with Crippen LogP contribution in [0.3, 0.4) is 0 Å². The van der Waals surface area contributed by atoms with Crippen LogP contribution in [-0.4, -0.2) is 16.6 Å². The Balaban J connectivity index is 2.25. The number of aromatic nitrogens is 2. The van der Waals surface area contributed by atoms with Crippen molar-refractivity contribution in [3.8, 4) is 17.1 Å². The molecule has 1 N–H and O–H groups in total. The van der Waals surface area contributed by atoms with Crippen molar-refractivity contribution in [2.45, 2.75) is 13.1 Å². The van der Waals surface area contributed by atoms with Gasteiger partial charge in [0, 0.05) is 23.2 Å². The van der Waals surface area contributed by atoms with Crippen molar-refractivity contribution in [2.24, 2.45) is 0 Å². The minimum atomic E-state index is -4.54. The number of fused-ring (bicyclic) bond motifs is 1. The molecule has 2 heterocycles. The Bertz CT molecular complexity index is 948. The van der Waals surface area contributed by atoms with Gasteiger partial charge in [0.05, 0.1) is 23.4 Å². The molecule has 0 aliphatic carbocycles. The Morgan fingerprint density at radius 2 is 1.96 bits per heavy atom. The number of H-pyrrole nitrogens is 1. The third-order valence-corrected chi connectivity index (χ3v) is 3.49. The fraction of sp³-hybridized carbons (Fsp3) is 0.176. The zero-order chi connectivity index (χ0) is 17.3. The quantitative estimate of drug-likeness (QED) is 0.787. The van der Waals surface area contributed by atoms with Crippen LogP contribution in [0.5, 0.6) is 5.88 Å². The van der Waals surface area contributed by atoms with Crippen molar-refractivity contribution < 1.29 is 17.9 Å². The van der Waals surface area contributed by atoms with Crippen LogP contribution < -0.4 is 10.2 Å². The van der Waals surface area contributed by atoms with E-state index < -0.39 is 11.7 Å². The van der Waals surface area contributed by atoms with Crippen molar-refractivity contribution >= 4 is 10.9 Å². The van der Waals surface area contributed by atoms with E-state index in [1.807, 2.05) is 0 Å². The summed E-state index contributed by atoms with van der Waals surface area (Å²) in [6.45, 7) is 1.94. The first-order valence-corrected chi connectivity index (χ1v) is 7.22. The lowest BCUT2D eigenvalue weighted by molar-refractivity contribution is -0.137. The Morgan fingerprint density at radius 3 is 2.67 bits per heavy atom. The van der Waals surface area contributed by atoms with E-state index in [-0.39, 0.29) is 29.2 Å². The molecule has 1 aromatic carbocycles. The molecular formula is C17H13F3N2O2. The van der Waals surface area contributed by atoms with Gasteiger partial charge in [-0.25, -0.2) is 4.98 Å². The molecule has 7 heteroatoms. The van der Waals surface area contributed by atoms with Crippen LogP contribution in [0.1, 0.15) is 12.5 Å². The van der Waals surface area contributed by atoms with E-state index >= 15 is 0 Å². The molecule has 24 heavy (non-hydrogen) atoms. The number of alkyl halides is 3. The predicted molar refractivity (Wildman–Crippen MR) is 84.0 cm³/mol. The van der Waals surface area contributed by atoms with Gasteiger partial charge in [0.2, 0.25) is 5.88 Å². The minimum Gasteiger partial charge on any atom is -0.477 e. The number of nitrogens with zero attached hydrogens (tertiary/aromatic N) is 1. The highest BCUT2D eigenvalue weighted by molar-refractivity contribution is 5.82. The van der Waals surface area contributed by atoms with Gasteiger partial charge in [0.1, 0.15) is 0 Å². The second kappa shape index (κ2) is 5.99. The Kier molecular flexibility index (Phi) is 4.01. The van der Waals surface area contributed by atoms with E-state index in [0.29, 0.717) is 17.1 Å². The molecule has 0 fully saturated rings. The topological polar surface area (TPSA) is 55.0 Å². The average molecular weight is 334 g/mol. The maximum Gasteiger partial charge on any atom is 0.417 e. The zero-order valence-electron chi connectivity index (χ0n) is 12.6. The van der Waals surface area contributed by atoms with Gasteiger partial charge in [-0.3, -0.25) is 4.79 Å². The highest BCUT2D eigenvalue weighted by Gasteiger charge is 2.32.